The van der Waals surface area contributed by atoms with Crippen molar-refractivity contribution in [1.82, 2.24) is 5.32 Å². The number of benzene rings is 2. The number of ether oxygens (including phenoxy) is 2. The van der Waals surface area contributed by atoms with Gasteiger partial charge in [-0.25, -0.2) is 0 Å². The summed E-state index contributed by atoms with van der Waals surface area (Å²) in [6.45, 7) is 2.99. The fourth-order valence-electron chi connectivity index (χ4n) is 2.49. The Morgan fingerprint density at radius 3 is 2.53 bits per heavy atom. The Morgan fingerprint density at radius 2 is 1.84 bits per heavy atom. The summed E-state index contributed by atoms with van der Waals surface area (Å²) in [4.78, 5) is 0. The first-order valence-corrected chi connectivity index (χ1v) is 6.76. The van der Waals surface area contributed by atoms with Crippen molar-refractivity contribution in [2.45, 2.75) is 6.42 Å². The molecule has 0 amide bonds. The van der Waals surface area contributed by atoms with Crippen molar-refractivity contribution in [1.29, 1.82) is 0 Å². The number of hydrogen-bond donors (Lipinski definition) is 1. The van der Waals surface area contributed by atoms with Gasteiger partial charge in [0.25, 0.3) is 0 Å². The molecule has 0 spiro atoms. The van der Waals surface area contributed by atoms with Gasteiger partial charge in [0.15, 0.2) is 0 Å². The highest BCUT2D eigenvalue weighted by Gasteiger charge is 2.14. The lowest BCUT2D eigenvalue weighted by atomic mass is 10.1. The van der Waals surface area contributed by atoms with Gasteiger partial charge in [-0.1, -0.05) is 12.1 Å². The third-order valence-electron chi connectivity index (χ3n) is 3.67. The molecule has 1 fully saturated rings. The first-order chi connectivity index (χ1) is 9.35. The second kappa shape index (κ2) is 5.49. The van der Waals surface area contributed by atoms with Gasteiger partial charge in [0.2, 0.25) is 0 Å². The van der Waals surface area contributed by atoms with Crippen molar-refractivity contribution in [2.24, 2.45) is 5.92 Å². The van der Waals surface area contributed by atoms with E-state index in [2.05, 4.69) is 23.5 Å². The van der Waals surface area contributed by atoms with Crippen LogP contribution in [0, 0.1) is 5.92 Å². The van der Waals surface area contributed by atoms with Crippen LogP contribution < -0.4 is 14.8 Å². The standard InChI is InChI=1S/C16H19NO2/c1-18-15-4-2-14-9-16(5-3-13(14)8-15)19-11-12-6-7-17-10-12/h2-5,8-9,12,17H,6-7,10-11H2,1H3. The van der Waals surface area contributed by atoms with Gasteiger partial charge >= 0.3 is 0 Å². The Bertz CT molecular complexity index is 562. The summed E-state index contributed by atoms with van der Waals surface area (Å²) in [6.07, 6.45) is 1.21. The fourth-order valence-corrected chi connectivity index (χ4v) is 2.49. The molecule has 3 heteroatoms. The third-order valence-corrected chi connectivity index (χ3v) is 3.67. The van der Waals surface area contributed by atoms with Crippen molar-refractivity contribution in [2.75, 3.05) is 26.8 Å². The van der Waals surface area contributed by atoms with Crippen LogP contribution in [-0.4, -0.2) is 26.8 Å². The molecular formula is C16H19NO2. The number of hydrogen-bond acceptors (Lipinski definition) is 3. The van der Waals surface area contributed by atoms with Crippen LogP contribution in [0.3, 0.4) is 0 Å². The molecule has 2 aromatic carbocycles. The van der Waals surface area contributed by atoms with Gasteiger partial charge in [-0.15, -0.1) is 0 Å². The normalized spacial score (nSPS) is 18.7. The lowest BCUT2D eigenvalue weighted by Gasteiger charge is -2.11. The van der Waals surface area contributed by atoms with Gasteiger partial charge in [0, 0.05) is 12.5 Å². The predicted molar refractivity (Wildman–Crippen MR) is 77.0 cm³/mol. The van der Waals surface area contributed by atoms with Crippen molar-refractivity contribution >= 4 is 10.8 Å². The van der Waals surface area contributed by atoms with Crippen molar-refractivity contribution in [3.63, 3.8) is 0 Å². The van der Waals surface area contributed by atoms with E-state index in [9.17, 15) is 0 Å². The lowest BCUT2D eigenvalue weighted by molar-refractivity contribution is 0.260. The monoisotopic (exact) mass is 257 g/mol. The molecule has 2 aromatic rings. The maximum Gasteiger partial charge on any atom is 0.119 e. The van der Waals surface area contributed by atoms with Gasteiger partial charge < -0.3 is 14.8 Å². The Balaban J connectivity index is 1.73. The molecule has 1 N–H and O–H groups in total. The molecule has 0 aliphatic carbocycles. The summed E-state index contributed by atoms with van der Waals surface area (Å²) in [5.41, 5.74) is 0. The SMILES string of the molecule is COc1ccc2cc(OCC3CCNC3)ccc2c1. The summed E-state index contributed by atoms with van der Waals surface area (Å²) in [7, 11) is 1.69. The van der Waals surface area contributed by atoms with Gasteiger partial charge in [0.1, 0.15) is 11.5 Å². The van der Waals surface area contributed by atoms with E-state index in [4.69, 9.17) is 9.47 Å². The molecule has 19 heavy (non-hydrogen) atoms. The minimum Gasteiger partial charge on any atom is -0.497 e. The maximum absolute atomic E-state index is 5.88. The number of rotatable bonds is 4. The minimum absolute atomic E-state index is 0.645. The molecule has 100 valence electrons. The molecule has 0 saturated carbocycles. The Labute approximate surface area is 113 Å². The summed E-state index contributed by atoms with van der Waals surface area (Å²) < 4.78 is 11.1. The van der Waals surface area contributed by atoms with Gasteiger partial charge in [0.05, 0.1) is 13.7 Å². The van der Waals surface area contributed by atoms with Crippen LogP contribution in [0.25, 0.3) is 10.8 Å². The summed E-state index contributed by atoms with van der Waals surface area (Å²) >= 11 is 0. The third kappa shape index (κ3) is 2.82. The van der Waals surface area contributed by atoms with Crippen LogP contribution in [0.1, 0.15) is 6.42 Å². The molecule has 1 heterocycles. The number of nitrogens with one attached hydrogen (secondary N) is 1. The Hall–Kier alpha value is -1.74. The molecule has 3 nitrogen and oxygen atoms in total. The molecule has 0 bridgehead atoms. The summed E-state index contributed by atoms with van der Waals surface area (Å²) in [6, 6.07) is 12.3. The van der Waals surface area contributed by atoms with Crippen molar-refractivity contribution < 1.29 is 9.47 Å². The first kappa shape index (κ1) is 12.3. The van der Waals surface area contributed by atoms with Crippen molar-refractivity contribution in [3.8, 4) is 11.5 Å². The largest absolute Gasteiger partial charge is 0.497 e. The quantitative estimate of drug-likeness (QED) is 0.913. The van der Waals surface area contributed by atoms with Crippen molar-refractivity contribution in [3.05, 3.63) is 36.4 Å². The van der Waals surface area contributed by atoms with Crippen LogP contribution in [0.4, 0.5) is 0 Å². The molecule has 3 rings (SSSR count). The highest BCUT2D eigenvalue weighted by atomic mass is 16.5. The van der Waals surface area contributed by atoms with E-state index in [0.717, 1.165) is 31.2 Å². The topological polar surface area (TPSA) is 30.5 Å². The van der Waals surface area contributed by atoms with E-state index in [1.807, 2.05) is 18.2 Å². The average molecular weight is 257 g/mol. The second-order valence-corrected chi connectivity index (χ2v) is 5.04. The number of methoxy groups -OCH3 is 1. The fraction of sp³-hybridized carbons (Fsp3) is 0.375. The molecule has 1 aliphatic rings. The van der Waals surface area contributed by atoms with E-state index in [1.165, 1.54) is 17.2 Å². The lowest BCUT2D eigenvalue weighted by Crippen LogP contribution is -2.15. The smallest absolute Gasteiger partial charge is 0.119 e. The Morgan fingerprint density at radius 1 is 1.11 bits per heavy atom. The zero-order valence-corrected chi connectivity index (χ0v) is 11.2. The first-order valence-electron chi connectivity index (χ1n) is 6.76. The molecule has 1 unspecified atom stereocenters. The predicted octanol–water partition coefficient (Wildman–Crippen LogP) is 2.84. The van der Waals surface area contributed by atoms with E-state index in [-0.39, 0.29) is 0 Å². The Kier molecular flexibility index (Phi) is 3.56. The maximum atomic E-state index is 5.88. The van der Waals surface area contributed by atoms with Crippen LogP contribution in [0.15, 0.2) is 36.4 Å². The van der Waals surface area contributed by atoms with E-state index in [0.29, 0.717) is 5.92 Å². The highest BCUT2D eigenvalue weighted by molar-refractivity contribution is 5.85. The summed E-state index contributed by atoms with van der Waals surface area (Å²) in [5, 5.41) is 5.72. The average Bonchev–Trinajstić information content (AvgIpc) is 2.97. The summed E-state index contributed by atoms with van der Waals surface area (Å²) in [5.74, 6) is 2.48. The van der Waals surface area contributed by atoms with Gasteiger partial charge in [-0.05, 0) is 48.0 Å². The molecule has 1 aliphatic heterocycles. The van der Waals surface area contributed by atoms with E-state index in [1.54, 1.807) is 7.11 Å². The van der Waals surface area contributed by atoms with Crippen LogP contribution in [-0.2, 0) is 0 Å². The highest BCUT2D eigenvalue weighted by Crippen LogP contribution is 2.25. The number of fused-ring (bicyclic) bond motifs is 1. The van der Waals surface area contributed by atoms with Gasteiger partial charge in [-0.2, -0.15) is 0 Å². The van der Waals surface area contributed by atoms with E-state index >= 15 is 0 Å². The molecule has 1 atom stereocenters. The zero-order valence-electron chi connectivity index (χ0n) is 11.2. The zero-order chi connectivity index (χ0) is 13.1. The molecular weight excluding hydrogens is 238 g/mol. The van der Waals surface area contributed by atoms with E-state index < -0.39 is 0 Å². The van der Waals surface area contributed by atoms with Crippen LogP contribution in [0.5, 0.6) is 11.5 Å². The van der Waals surface area contributed by atoms with Crippen LogP contribution in [0.2, 0.25) is 0 Å². The molecule has 0 aromatic heterocycles. The van der Waals surface area contributed by atoms with Crippen LogP contribution >= 0.6 is 0 Å². The van der Waals surface area contributed by atoms with Gasteiger partial charge in [-0.3, -0.25) is 0 Å². The minimum atomic E-state index is 0.645. The second-order valence-electron chi connectivity index (χ2n) is 5.04. The molecule has 1 saturated heterocycles. The molecule has 0 radical (unpaired) electrons.